The molecule has 1 aromatic carbocycles. The van der Waals surface area contributed by atoms with Crippen LogP contribution in [0.3, 0.4) is 0 Å². The Morgan fingerprint density at radius 1 is 1.32 bits per heavy atom. The van der Waals surface area contributed by atoms with E-state index in [0.29, 0.717) is 19.5 Å². The molecule has 2 bridgehead atoms. The number of ether oxygens (including phenoxy) is 1. The number of carbonyl (C=O) groups excluding carboxylic acids is 1. The molecular weight excluding hydrogens is 286 g/mol. The Kier molecular flexibility index (Phi) is 3.56. The molecule has 3 saturated heterocycles. The predicted octanol–water partition coefficient (Wildman–Crippen LogP) is 1.52. The van der Waals surface area contributed by atoms with Crippen LogP contribution in [0.2, 0.25) is 0 Å². The largest absolute Gasteiger partial charge is 0.504 e. The summed E-state index contributed by atoms with van der Waals surface area (Å²) < 4.78 is 5.02. The molecule has 0 amide bonds. The summed E-state index contributed by atoms with van der Waals surface area (Å²) in [4.78, 5) is 26.7. The van der Waals surface area contributed by atoms with Crippen molar-refractivity contribution in [2.45, 2.75) is 24.8 Å². The predicted molar refractivity (Wildman–Crippen MR) is 78.3 cm³/mol. The molecule has 1 unspecified atom stereocenters. The molecule has 3 heterocycles. The molecule has 22 heavy (non-hydrogen) atoms. The first-order valence-electron chi connectivity index (χ1n) is 7.39. The van der Waals surface area contributed by atoms with Gasteiger partial charge in [-0.3, -0.25) is 9.69 Å². The lowest BCUT2D eigenvalue weighted by Crippen LogP contribution is -2.66. The van der Waals surface area contributed by atoms with Crippen molar-refractivity contribution in [2.24, 2.45) is 5.92 Å². The lowest BCUT2D eigenvalue weighted by Gasteiger charge is -2.50. The Morgan fingerprint density at radius 2 is 2.00 bits per heavy atom. The van der Waals surface area contributed by atoms with E-state index in [0.717, 1.165) is 12.8 Å². The highest BCUT2D eigenvalue weighted by molar-refractivity contribution is 6.16. The van der Waals surface area contributed by atoms with Crippen LogP contribution in [0.1, 0.15) is 29.6 Å². The molecule has 0 radical (unpaired) electrons. The number of phenolic OH excluding ortho intramolecular Hbond substituents is 1. The van der Waals surface area contributed by atoms with Gasteiger partial charge in [-0.25, -0.2) is 4.79 Å². The zero-order chi connectivity index (χ0) is 15.9. The third-order valence-electron chi connectivity index (χ3n) is 4.91. The normalized spacial score (nSPS) is 30.0. The number of ketones is 1. The third kappa shape index (κ3) is 2.06. The Labute approximate surface area is 128 Å². The maximum absolute atomic E-state index is 13.0. The van der Waals surface area contributed by atoms with Crippen molar-refractivity contribution in [3.05, 3.63) is 23.8 Å². The van der Waals surface area contributed by atoms with Crippen LogP contribution in [0.25, 0.3) is 0 Å². The number of hydrogen-bond donors (Lipinski definition) is 2. The summed E-state index contributed by atoms with van der Waals surface area (Å²) in [7, 11) is 1.39. The minimum Gasteiger partial charge on any atom is -0.504 e. The number of rotatable bonds is 4. The molecule has 6 heteroatoms. The number of fused-ring (bicyclic) bond motifs is 3. The summed E-state index contributed by atoms with van der Waals surface area (Å²) in [5.41, 5.74) is -1.23. The van der Waals surface area contributed by atoms with Gasteiger partial charge in [0.2, 0.25) is 0 Å². The van der Waals surface area contributed by atoms with E-state index in [1.165, 1.54) is 25.3 Å². The lowest BCUT2D eigenvalue weighted by atomic mass is 9.71. The lowest BCUT2D eigenvalue weighted by molar-refractivity contribution is -0.154. The van der Waals surface area contributed by atoms with Crippen LogP contribution in [0, 0.1) is 5.92 Å². The average molecular weight is 305 g/mol. The fourth-order valence-electron chi connectivity index (χ4n) is 3.68. The van der Waals surface area contributed by atoms with E-state index >= 15 is 0 Å². The smallest absolute Gasteiger partial charge is 0.332 e. The Hall–Kier alpha value is -2.08. The number of aromatic hydroxyl groups is 1. The maximum atomic E-state index is 13.0. The molecule has 0 aliphatic carbocycles. The quantitative estimate of drug-likeness (QED) is 0.648. The molecule has 1 aromatic rings. The number of methoxy groups -OCH3 is 1. The van der Waals surface area contributed by atoms with E-state index in [-0.39, 0.29) is 23.0 Å². The number of hydrogen-bond acceptors (Lipinski definition) is 5. The number of benzene rings is 1. The monoisotopic (exact) mass is 305 g/mol. The summed E-state index contributed by atoms with van der Waals surface area (Å²) in [6, 6.07) is 4.22. The minimum absolute atomic E-state index is 0.0751. The first-order chi connectivity index (χ1) is 10.5. The Morgan fingerprint density at radius 3 is 2.50 bits per heavy atom. The fraction of sp³-hybridized carbons (Fsp3) is 0.500. The van der Waals surface area contributed by atoms with Crippen molar-refractivity contribution < 1.29 is 24.5 Å². The molecule has 3 aliphatic heterocycles. The van der Waals surface area contributed by atoms with E-state index in [1.807, 2.05) is 0 Å². The van der Waals surface area contributed by atoms with Crippen molar-refractivity contribution >= 4 is 11.8 Å². The molecule has 3 fully saturated rings. The molecule has 118 valence electrons. The first-order valence-corrected chi connectivity index (χ1v) is 7.39. The summed E-state index contributed by atoms with van der Waals surface area (Å²) in [5.74, 6) is -1.14. The van der Waals surface area contributed by atoms with Crippen LogP contribution in [0.5, 0.6) is 11.5 Å². The number of phenols is 1. The van der Waals surface area contributed by atoms with Gasteiger partial charge in [0.15, 0.2) is 22.8 Å². The van der Waals surface area contributed by atoms with Gasteiger partial charge in [-0.05, 0) is 56.5 Å². The second kappa shape index (κ2) is 5.28. The summed E-state index contributed by atoms with van der Waals surface area (Å²) in [6.07, 6.45) is 2.24. The average Bonchev–Trinajstić information content (AvgIpc) is 2.55. The number of nitrogens with zero attached hydrogens (tertiary/aromatic N) is 1. The van der Waals surface area contributed by atoms with E-state index in [9.17, 15) is 19.8 Å². The van der Waals surface area contributed by atoms with Gasteiger partial charge in [-0.1, -0.05) is 0 Å². The zero-order valence-corrected chi connectivity index (χ0v) is 12.4. The van der Waals surface area contributed by atoms with Crippen molar-refractivity contribution in [3.63, 3.8) is 0 Å². The van der Waals surface area contributed by atoms with Crippen molar-refractivity contribution in [1.82, 2.24) is 4.90 Å². The van der Waals surface area contributed by atoms with Crippen molar-refractivity contribution in [1.29, 1.82) is 0 Å². The SMILES string of the molecule is COc1cc(C(=O)C2(C(=O)O)CC3CCN2CC3)ccc1O. The summed E-state index contributed by atoms with van der Waals surface area (Å²) >= 11 is 0. The molecular formula is C16H19NO5. The van der Waals surface area contributed by atoms with Gasteiger partial charge in [-0.15, -0.1) is 0 Å². The van der Waals surface area contributed by atoms with Gasteiger partial charge >= 0.3 is 5.97 Å². The van der Waals surface area contributed by atoms with Crippen LogP contribution in [0.15, 0.2) is 18.2 Å². The van der Waals surface area contributed by atoms with Crippen LogP contribution in [0.4, 0.5) is 0 Å². The Bertz CT molecular complexity index is 621. The summed E-state index contributed by atoms with van der Waals surface area (Å²) in [5, 5.41) is 19.4. The number of carbonyl (C=O) groups is 2. The molecule has 4 rings (SSSR count). The van der Waals surface area contributed by atoms with E-state index in [4.69, 9.17) is 4.74 Å². The number of carboxylic acid groups (broad SMARTS) is 1. The first kappa shape index (κ1) is 14.8. The molecule has 0 spiro atoms. The van der Waals surface area contributed by atoms with Gasteiger partial charge in [0.1, 0.15) is 0 Å². The highest BCUT2D eigenvalue weighted by atomic mass is 16.5. The standard InChI is InChI=1S/C16H19NO5/c1-22-13-8-11(2-3-12(13)18)14(19)16(15(20)21)9-10-4-6-17(16)7-5-10/h2-3,8,10,18H,4-7,9H2,1H3,(H,20,21). The molecule has 0 saturated carbocycles. The topological polar surface area (TPSA) is 87.1 Å². The van der Waals surface area contributed by atoms with Gasteiger partial charge in [0, 0.05) is 5.56 Å². The highest BCUT2D eigenvalue weighted by Gasteiger charge is 2.56. The number of piperidine rings is 3. The Balaban J connectivity index is 2.03. The van der Waals surface area contributed by atoms with E-state index in [1.54, 1.807) is 4.90 Å². The van der Waals surface area contributed by atoms with Crippen LogP contribution in [-0.2, 0) is 4.79 Å². The number of Topliss-reactive ketones (excluding diaryl/α,β-unsaturated/α-hetero) is 1. The number of aliphatic carboxylic acids is 1. The zero-order valence-electron chi connectivity index (χ0n) is 12.4. The maximum Gasteiger partial charge on any atom is 0.332 e. The van der Waals surface area contributed by atoms with Crippen LogP contribution in [-0.4, -0.2) is 52.6 Å². The van der Waals surface area contributed by atoms with E-state index < -0.39 is 17.3 Å². The third-order valence-corrected chi connectivity index (χ3v) is 4.91. The molecule has 2 N–H and O–H groups in total. The number of carboxylic acids is 1. The molecule has 1 atom stereocenters. The molecule has 0 aromatic heterocycles. The van der Waals surface area contributed by atoms with Gasteiger partial charge in [0.05, 0.1) is 7.11 Å². The van der Waals surface area contributed by atoms with Gasteiger partial charge in [-0.2, -0.15) is 0 Å². The second-order valence-corrected chi connectivity index (χ2v) is 6.02. The fourth-order valence-corrected chi connectivity index (χ4v) is 3.68. The summed E-state index contributed by atoms with van der Waals surface area (Å²) in [6.45, 7) is 1.27. The molecule has 6 nitrogen and oxygen atoms in total. The van der Waals surface area contributed by atoms with Crippen LogP contribution < -0.4 is 4.74 Å². The second-order valence-electron chi connectivity index (χ2n) is 6.02. The highest BCUT2D eigenvalue weighted by Crippen LogP contribution is 2.42. The van der Waals surface area contributed by atoms with Gasteiger partial charge < -0.3 is 14.9 Å². The van der Waals surface area contributed by atoms with Crippen molar-refractivity contribution in [2.75, 3.05) is 20.2 Å². The van der Waals surface area contributed by atoms with Crippen LogP contribution >= 0.6 is 0 Å². The van der Waals surface area contributed by atoms with Crippen molar-refractivity contribution in [3.8, 4) is 11.5 Å². The van der Waals surface area contributed by atoms with E-state index in [2.05, 4.69) is 0 Å². The van der Waals surface area contributed by atoms with Gasteiger partial charge in [0.25, 0.3) is 0 Å². The minimum atomic E-state index is -1.48. The molecule has 3 aliphatic rings.